The molecule has 1 atom stereocenters. The zero-order chi connectivity index (χ0) is 27.0. The lowest BCUT2D eigenvalue weighted by molar-refractivity contribution is -0.140. The van der Waals surface area contributed by atoms with Gasteiger partial charge in [0.2, 0.25) is 21.8 Å². The smallest absolute Gasteiger partial charge is 0.244 e. The summed E-state index contributed by atoms with van der Waals surface area (Å²) in [5.74, 6) is -0.348. The molecule has 0 spiro atoms. The molecule has 198 valence electrons. The molecule has 11 heteroatoms. The van der Waals surface area contributed by atoms with Gasteiger partial charge in [0.15, 0.2) is 0 Å². The van der Waals surface area contributed by atoms with Crippen LogP contribution in [0.3, 0.4) is 0 Å². The van der Waals surface area contributed by atoms with Gasteiger partial charge in [-0.3, -0.25) is 13.9 Å². The van der Waals surface area contributed by atoms with Crippen LogP contribution < -0.4 is 14.4 Å². The number of amides is 2. The Hall–Kier alpha value is -2.49. The van der Waals surface area contributed by atoms with E-state index in [1.807, 2.05) is 20.8 Å². The highest BCUT2D eigenvalue weighted by Crippen LogP contribution is 2.28. The second-order valence-corrected chi connectivity index (χ2v) is 11.2. The third-order valence-corrected chi connectivity index (χ3v) is 7.17. The molecule has 36 heavy (non-hydrogen) atoms. The van der Waals surface area contributed by atoms with Crippen LogP contribution in [0.15, 0.2) is 42.5 Å². The highest BCUT2D eigenvalue weighted by molar-refractivity contribution is 7.92. The number of carbonyl (C=O) groups is 2. The highest BCUT2D eigenvalue weighted by atomic mass is 35.5. The third kappa shape index (κ3) is 8.01. The number of hydrogen-bond acceptors (Lipinski definition) is 5. The van der Waals surface area contributed by atoms with Gasteiger partial charge in [0.05, 0.1) is 18.6 Å². The van der Waals surface area contributed by atoms with Gasteiger partial charge < -0.3 is 15.0 Å². The molecule has 0 fully saturated rings. The molecule has 8 nitrogen and oxygen atoms in total. The standard InChI is InChI=1S/C25H33Cl2N3O5S/c1-6-23(25(32)28-17(3)4)29(15-20-21(26)9-8-10-22(20)27)24(31)16-30(36(5,33)34)18-11-13-19(14-12-18)35-7-2/h8-14,17,23H,6-7,15-16H2,1-5H3,(H,28,32)/t23-/m1/s1. The van der Waals surface area contributed by atoms with Crippen molar-refractivity contribution in [2.24, 2.45) is 0 Å². The van der Waals surface area contributed by atoms with Crippen LogP contribution in [0.2, 0.25) is 10.0 Å². The Morgan fingerprint density at radius 3 is 2.08 bits per heavy atom. The van der Waals surface area contributed by atoms with Crippen molar-refractivity contribution in [3.05, 3.63) is 58.1 Å². The van der Waals surface area contributed by atoms with Crippen LogP contribution in [0.4, 0.5) is 5.69 Å². The van der Waals surface area contributed by atoms with E-state index in [0.717, 1.165) is 10.6 Å². The van der Waals surface area contributed by atoms with Crippen molar-refractivity contribution in [3.8, 4) is 5.75 Å². The number of ether oxygens (including phenoxy) is 1. The van der Waals surface area contributed by atoms with Crippen molar-refractivity contribution in [2.75, 3.05) is 23.7 Å². The first-order valence-corrected chi connectivity index (χ1v) is 14.2. The minimum atomic E-state index is -3.84. The van der Waals surface area contributed by atoms with Gasteiger partial charge in [-0.15, -0.1) is 0 Å². The summed E-state index contributed by atoms with van der Waals surface area (Å²) in [7, 11) is -3.84. The summed E-state index contributed by atoms with van der Waals surface area (Å²) in [4.78, 5) is 28.0. The lowest BCUT2D eigenvalue weighted by atomic mass is 10.1. The first-order valence-electron chi connectivity index (χ1n) is 11.6. The van der Waals surface area contributed by atoms with E-state index < -0.39 is 28.5 Å². The summed E-state index contributed by atoms with van der Waals surface area (Å²) in [6.07, 6.45) is 1.32. The predicted molar refractivity (Wildman–Crippen MR) is 144 cm³/mol. The molecule has 2 rings (SSSR count). The van der Waals surface area contributed by atoms with Crippen LogP contribution in [-0.2, 0) is 26.2 Å². The maximum Gasteiger partial charge on any atom is 0.244 e. The van der Waals surface area contributed by atoms with Crippen LogP contribution in [0.25, 0.3) is 0 Å². The molecule has 0 saturated heterocycles. The van der Waals surface area contributed by atoms with Crippen molar-refractivity contribution in [1.82, 2.24) is 10.2 Å². The molecule has 0 saturated carbocycles. The van der Waals surface area contributed by atoms with E-state index >= 15 is 0 Å². The van der Waals surface area contributed by atoms with Gasteiger partial charge in [0.1, 0.15) is 18.3 Å². The average molecular weight is 559 g/mol. The van der Waals surface area contributed by atoms with Crippen molar-refractivity contribution in [2.45, 2.75) is 52.7 Å². The Morgan fingerprint density at radius 1 is 1.03 bits per heavy atom. The van der Waals surface area contributed by atoms with Crippen LogP contribution in [0.5, 0.6) is 5.75 Å². The third-order valence-electron chi connectivity index (χ3n) is 5.32. The Labute approximate surface area is 223 Å². The molecule has 1 N–H and O–H groups in total. The van der Waals surface area contributed by atoms with Gasteiger partial charge in [-0.05, 0) is 63.6 Å². The zero-order valence-corrected chi connectivity index (χ0v) is 23.5. The molecule has 0 bridgehead atoms. The molecule has 0 aliphatic carbocycles. The molecule has 2 aromatic carbocycles. The zero-order valence-electron chi connectivity index (χ0n) is 21.1. The molecule has 2 aromatic rings. The number of nitrogens with one attached hydrogen (secondary N) is 1. The van der Waals surface area contributed by atoms with Crippen molar-refractivity contribution in [3.63, 3.8) is 0 Å². The van der Waals surface area contributed by atoms with Gasteiger partial charge in [-0.1, -0.05) is 36.2 Å². The lowest BCUT2D eigenvalue weighted by Gasteiger charge is -2.33. The molecular formula is C25H33Cl2N3O5S. The van der Waals surface area contributed by atoms with E-state index in [0.29, 0.717) is 40.1 Å². The number of nitrogens with zero attached hydrogens (tertiary/aromatic N) is 2. The van der Waals surface area contributed by atoms with Crippen LogP contribution in [0.1, 0.15) is 39.7 Å². The van der Waals surface area contributed by atoms with Gasteiger partial charge in [0, 0.05) is 28.2 Å². The molecule has 0 unspecified atom stereocenters. The maximum atomic E-state index is 13.7. The second-order valence-electron chi connectivity index (χ2n) is 8.51. The molecular weight excluding hydrogens is 525 g/mol. The summed E-state index contributed by atoms with van der Waals surface area (Å²) < 4.78 is 31.8. The van der Waals surface area contributed by atoms with Crippen molar-refractivity contribution in [1.29, 1.82) is 0 Å². The summed E-state index contributed by atoms with van der Waals surface area (Å²) >= 11 is 12.7. The van der Waals surface area contributed by atoms with Crippen LogP contribution in [-0.4, -0.2) is 56.6 Å². The summed E-state index contributed by atoms with van der Waals surface area (Å²) in [6.45, 7) is 7.14. The van der Waals surface area contributed by atoms with E-state index in [4.69, 9.17) is 27.9 Å². The van der Waals surface area contributed by atoms with E-state index in [-0.39, 0.29) is 18.5 Å². The number of halogens is 2. The Balaban J connectivity index is 2.48. The van der Waals surface area contributed by atoms with E-state index in [1.165, 1.54) is 4.90 Å². The van der Waals surface area contributed by atoms with E-state index in [1.54, 1.807) is 49.4 Å². The average Bonchev–Trinajstić information content (AvgIpc) is 2.78. The number of sulfonamides is 1. The fourth-order valence-electron chi connectivity index (χ4n) is 3.64. The normalized spacial score (nSPS) is 12.2. The molecule has 0 radical (unpaired) electrons. The van der Waals surface area contributed by atoms with Crippen LogP contribution in [0, 0.1) is 0 Å². The van der Waals surface area contributed by atoms with Crippen LogP contribution >= 0.6 is 23.2 Å². The van der Waals surface area contributed by atoms with E-state index in [2.05, 4.69) is 5.32 Å². The fraction of sp³-hybridized carbons (Fsp3) is 0.440. The van der Waals surface area contributed by atoms with Crippen molar-refractivity contribution < 1.29 is 22.7 Å². The summed E-state index contributed by atoms with van der Waals surface area (Å²) in [6, 6.07) is 10.3. The van der Waals surface area contributed by atoms with Gasteiger partial charge in [0.25, 0.3) is 0 Å². The number of carbonyl (C=O) groups excluding carboxylic acids is 2. The SMILES string of the molecule is CCOc1ccc(N(CC(=O)N(Cc2c(Cl)cccc2Cl)[C@H](CC)C(=O)NC(C)C)S(C)(=O)=O)cc1. The predicted octanol–water partition coefficient (Wildman–Crippen LogP) is 4.49. The maximum absolute atomic E-state index is 13.7. The molecule has 2 amide bonds. The first kappa shape index (κ1) is 29.7. The van der Waals surface area contributed by atoms with Crippen molar-refractivity contribution >= 4 is 50.7 Å². The topological polar surface area (TPSA) is 96.0 Å². The minimum absolute atomic E-state index is 0.0672. The Bertz CT molecular complexity index is 1140. The monoisotopic (exact) mass is 557 g/mol. The Morgan fingerprint density at radius 2 is 1.61 bits per heavy atom. The quantitative estimate of drug-likeness (QED) is 0.414. The number of rotatable bonds is 12. The van der Waals surface area contributed by atoms with Gasteiger partial charge >= 0.3 is 0 Å². The van der Waals surface area contributed by atoms with Gasteiger partial charge in [-0.25, -0.2) is 8.42 Å². The lowest BCUT2D eigenvalue weighted by Crippen LogP contribution is -2.53. The molecule has 0 heterocycles. The Kier molecular flexibility index (Phi) is 10.9. The number of anilines is 1. The minimum Gasteiger partial charge on any atom is -0.494 e. The first-order chi connectivity index (χ1) is 16.9. The second kappa shape index (κ2) is 13.2. The molecule has 0 aromatic heterocycles. The number of benzene rings is 2. The molecule has 0 aliphatic heterocycles. The summed E-state index contributed by atoms with van der Waals surface area (Å²) in [5, 5.41) is 3.51. The number of hydrogen-bond donors (Lipinski definition) is 1. The molecule has 0 aliphatic rings. The van der Waals surface area contributed by atoms with Gasteiger partial charge in [-0.2, -0.15) is 0 Å². The van der Waals surface area contributed by atoms with E-state index in [9.17, 15) is 18.0 Å². The summed E-state index contributed by atoms with van der Waals surface area (Å²) in [5.41, 5.74) is 0.765. The fourth-order valence-corrected chi connectivity index (χ4v) is 5.01. The highest BCUT2D eigenvalue weighted by Gasteiger charge is 2.32. The largest absolute Gasteiger partial charge is 0.494 e.